The Kier molecular flexibility index (Phi) is 8.01. The molecule has 0 fully saturated rings. The molecule has 5 nitrogen and oxygen atoms in total. The molecule has 0 saturated heterocycles. The van der Waals surface area contributed by atoms with E-state index in [2.05, 4.69) is 5.32 Å². The van der Waals surface area contributed by atoms with Crippen molar-refractivity contribution in [1.29, 1.82) is 0 Å². The fraction of sp³-hybridized carbons (Fsp3) is 0.556. The molecule has 1 atom stereocenters. The second-order valence-corrected chi connectivity index (χ2v) is 8.22. The Morgan fingerprint density at radius 3 is 2.11 bits per heavy atom. The summed E-state index contributed by atoms with van der Waals surface area (Å²) in [5.41, 5.74) is -4.54. The first-order chi connectivity index (χ1) is 12.2. The van der Waals surface area contributed by atoms with Gasteiger partial charge in [-0.15, -0.1) is 0 Å². The van der Waals surface area contributed by atoms with Crippen LogP contribution in [0.15, 0.2) is 29.2 Å². The van der Waals surface area contributed by atoms with Crippen molar-refractivity contribution in [3.05, 3.63) is 29.8 Å². The standard InChI is InChI=1S/C18H24F3NO4S/c1-11(2)25-15(23)14(22-16(24)26-17(3,4)5)10-12-6-8-13(9-7-12)27-18(19,20)21/h6-9,11,14H,10H2,1-5H3,(H,22,24)/t14-/m1/s1. The van der Waals surface area contributed by atoms with Crippen molar-refractivity contribution < 1.29 is 32.2 Å². The van der Waals surface area contributed by atoms with Crippen LogP contribution in [0.5, 0.6) is 0 Å². The number of ether oxygens (including phenoxy) is 2. The maximum absolute atomic E-state index is 12.4. The third-order valence-corrected chi connectivity index (χ3v) is 3.66. The molecule has 1 amide bonds. The number of nitrogens with one attached hydrogen (secondary N) is 1. The lowest BCUT2D eigenvalue weighted by molar-refractivity contribution is -0.149. The van der Waals surface area contributed by atoms with Gasteiger partial charge < -0.3 is 14.8 Å². The van der Waals surface area contributed by atoms with Gasteiger partial charge in [0.25, 0.3) is 0 Å². The first kappa shape index (κ1) is 23.1. The number of alkyl carbamates (subject to hydrolysis) is 1. The Morgan fingerprint density at radius 1 is 1.11 bits per heavy atom. The quantitative estimate of drug-likeness (QED) is 0.548. The number of benzene rings is 1. The summed E-state index contributed by atoms with van der Waals surface area (Å²) in [4.78, 5) is 24.3. The second kappa shape index (κ2) is 9.34. The van der Waals surface area contributed by atoms with Gasteiger partial charge in [0.15, 0.2) is 0 Å². The van der Waals surface area contributed by atoms with E-state index in [9.17, 15) is 22.8 Å². The average molecular weight is 407 g/mol. The molecule has 0 aliphatic rings. The Labute approximate surface area is 161 Å². The van der Waals surface area contributed by atoms with Crippen molar-refractivity contribution in [2.24, 2.45) is 0 Å². The number of halogens is 3. The van der Waals surface area contributed by atoms with Crippen molar-refractivity contribution in [3.8, 4) is 0 Å². The molecule has 1 aromatic rings. The molecule has 152 valence electrons. The molecule has 1 N–H and O–H groups in total. The Bertz CT molecular complexity index is 639. The van der Waals surface area contributed by atoms with Crippen LogP contribution in [-0.4, -0.2) is 35.3 Å². The van der Waals surface area contributed by atoms with Crippen molar-refractivity contribution in [3.63, 3.8) is 0 Å². The molecule has 0 bridgehead atoms. The van der Waals surface area contributed by atoms with Gasteiger partial charge in [0.1, 0.15) is 11.6 Å². The van der Waals surface area contributed by atoms with Crippen LogP contribution >= 0.6 is 11.8 Å². The Balaban J connectivity index is 2.86. The van der Waals surface area contributed by atoms with Gasteiger partial charge in [-0.05, 0) is 64.1 Å². The van der Waals surface area contributed by atoms with E-state index in [-0.39, 0.29) is 29.2 Å². The molecule has 0 aromatic heterocycles. The van der Waals surface area contributed by atoms with Gasteiger partial charge in [-0.25, -0.2) is 9.59 Å². The smallest absolute Gasteiger partial charge is 0.446 e. The summed E-state index contributed by atoms with van der Waals surface area (Å²) in [6.45, 7) is 8.40. The highest BCUT2D eigenvalue weighted by Gasteiger charge is 2.29. The number of rotatable bonds is 6. The normalized spacial score (nSPS) is 13.2. The minimum atomic E-state index is -4.37. The van der Waals surface area contributed by atoms with Crippen LogP contribution in [0.4, 0.5) is 18.0 Å². The van der Waals surface area contributed by atoms with E-state index in [0.29, 0.717) is 5.56 Å². The molecule has 0 unspecified atom stereocenters. The van der Waals surface area contributed by atoms with Gasteiger partial charge in [-0.2, -0.15) is 13.2 Å². The lowest BCUT2D eigenvalue weighted by Gasteiger charge is -2.23. The predicted molar refractivity (Wildman–Crippen MR) is 96.4 cm³/mol. The zero-order chi connectivity index (χ0) is 20.8. The summed E-state index contributed by atoms with van der Waals surface area (Å²) in [6, 6.07) is 4.54. The first-order valence-electron chi connectivity index (χ1n) is 8.30. The maximum atomic E-state index is 12.4. The Morgan fingerprint density at radius 2 is 1.67 bits per heavy atom. The number of hydrogen-bond acceptors (Lipinski definition) is 5. The summed E-state index contributed by atoms with van der Waals surface area (Å²) >= 11 is -0.221. The topological polar surface area (TPSA) is 64.6 Å². The van der Waals surface area contributed by atoms with E-state index in [1.165, 1.54) is 24.3 Å². The number of amides is 1. The van der Waals surface area contributed by atoms with Gasteiger partial charge in [0.05, 0.1) is 6.10 Å². The summed E-state index contributed by atoms with van der Waals surface area (Å²) in [7, 11) is 0. The van der Waals surface area contributed by atoms with E-state index in [4.69, 9.17) is 9.47 Å². The molecule has 1 aromatic carbocycles. The zero-order valence-corrected chi connectivity index (χ0v) is 16.7. The molecule has 0 heterocycles. The minimum absolute atomic E-state index is 0.0349. The van der Waals surface area contributed by atoms with Crippen LogP contribution in [0.3, 0.4) is 0 Å². The molecule has 9 heteroatoms. The molecule has 0 aliphatic carbocycles. The predicted octanol–water partition coefficient (Wildman–Crippen LogP) is 4.69. The van der Waals surface area contributed by atoms with Gasteiger partial charge in [-0.1, -0.05) is 12.1 Å². The average Bonchev–Trinajstić information content (AvgIpc) is 2.44. The van der Waals surface area contributed by atoms with Gasteiger partial charge in [0, 0.05) is 11.3 Å². The lowest BCUT2D eigenvalue weighted by atomic mass is 10.1. The van der Waals surface area contributed by atoms with Crippen molar-refractivity contribution in [2.45, 2.75) is 69.2 Å². The van der Waals surface area contributed by atoms with E-state index >= 15 is 0 Å². The highest BCUT2D eigenvalue weighted by atomic mass is 32.2. The number of carbonyl (C=O) groups excluding carboxylic acids is 2. The van der Waals surface area contributed by atoms with Crippen LogP contribution in [0.1, 0.15) is 40.2 Å². The molecule has 1 rings (SSSR count). The third-order valence-electron chi connectivity index (χ3n) is 2.92. The first-order valence-corrected chi connectivity index (χ1v) is 9.11. The van der Waals surface area contributed by atoms with E-state index in [1.54, 1.807) is 34.6 Å². The van der Waals surface area contributed by atoms with E-state index in [0.717, 1.165) is 0 Å². The maximum Gasteiger partial charge on any atom is 0.446 e. The van der Waals surface area contributed by atoms with Crippen LogP contribution in [0.2, 0.25) is 0 Å². The number of carbonyl (C=O) groups is 2. The molecule has 0 radical (unpaired) electrons. The van der Waals surface area contributed by atoms with E-state index < -0.39 is 29.2 Å². The number of thioether (sulfide) groups is 1. The van der Waals surface area contributed by atoms with Crippen molar-refractivity contribution in [2.75, 3.05) is 0 Å². The largest absolute Gasteiger partial charge is 0.461 e. The monoisotopic (exact) mass is 407 g/mol. The second-order valence-electron chi connectivity index (χ2n) is 7.08. The van der Waals surface area contributed by atoms with Crippen LogP contribution < -0.4 is 5.32 Å². The lowest BCUT2D eigenvalue weighted by Crippen LogP contribution is -2.46. The fourth-order valence-corrected chi connectivity index (χ4v) is 2.56. The Hall–Kier alpha value is -1.90. The number of alkyl halides is 3. The fourth-order valence-electron chi connectivity index (χ4n) is 2.02. The van der Waals surface area contributed by atoms with Gasteiger partial charge >= 0.3 is 17.6 Å². The molecule has 0 saturated carbocycles. The van der Waals surface area contributed by atoms with Crippen molar-refractivity contribution >= 4 is 23.8 Å². The van der Waals surface area contributed by atoms with Gasteiger partial charge in [0.2, 0.25) is 0 Å². The molecule has 27 heavy (non-hydrogen) atoms. The molecular formula is C18H24F3NO4S. The minimum Gasteiger partial charge on any atom is -0.461 e. The molecule has 0 aliphatic heterocycles. The summed E-state index contributed by atoms with van der Waals surface area (Å²) in [5.74, 6) is -0.649. The van der Waals surface area contributed by atoms with Crippen LogP contribution in [-0.2, 0) is 20.7 Å². The zero-order valence-electron chi connectivity index (χ0n) is 15.8. The summed E-state index contributed by atoms with van der Waals surface area (Å²) in [5, 5.41) is 2.46. The third kappa shape index (κ3) is 10.1. The summed E-state index contributed by atoms with van der Waals surface area (Å²) in [6.07, 6.45) is -1.11. The highest BCUT2D eigenvalue weighted by molar-refractivity contribution is 8.00. The van der Waals surface area contributed by atoms with Gasteiger partial charge in [-0.3, -0.25) is 0 Å². The van der Waals surface area contributed by atoms with Crippen LogP contribution in [0, 0.1) is 0 Å². The van der Waals surface area contributed by atoms with Crippen LogP contribution in [0.25, 0.3) is 0 Å². The van der Waals surface area contributed by atoms with E-state index in [1.807, 2.05) is 0 Å². The summed E-state index contributed by atoms with van der Waals surface area (Å²) < 4.78 is 47.5. The highest BCUT2D eigenvalue weighted by Crippen LogP contribution is 2.36. The number of hydrogen-bond donors (Lipinski definition) is 1. The number of esters is 1. The molecular weight excluding hydrogens is 383 g/mol. The molecule has 0 spiro atoms. The van der Waals surface area contributed by atoms with Crippen molar-refractivity contribution in [1.82, 2.24) is 5.32 Å². The SMILES string of the molecule is CC(C)OC(=O)[C@@H](Cc1ccc(SC(F)(F)F)cc1)NC(=O)OC(C)(C)C.